The Morgan fingerprint density at radius 2 is 1.55 bits per heavy atom. The van der Waals surface area contributed by atoms with Crippen LogP contribution >= 0.6 is 22.7 Å². The SMILES string of the molecule is CCCC(=O)Cc1c(-c2cc(C)c3sc4ccccc4c3c2)sc2ccccc12. The Labute approximate surface area is 178 Å². The van der Waals surface area contributed by atoms with Crippen molar-refractivity contribution in [3.05, 3.63) is 71.8 Å². The molecule has 0 amide bonds. The van der Waals surface area contributed by atoms with Crippen molar-refractivity contribution in [2.24, 2.45) is 0 Å². The Bertz CT molecular complexity index is 1370. The average Bonchev–Trinajstić information content (AvgIpc) is 3.28. The van der Waals surface area contributed by atoms with Gasteiger partial charge in [-0.2, -0.15) is 0 Å². The minimum Gasteiger partial charge on any atom is -0.299 e. The van der Waals surface area contributed by atoms with Crippen LogP contribution in [0.25, 0.3) is 40.7 Å². The molecule has 3 heteroatoms. The van der Waals surface area contributed by atoms with Crippen LogP contribution in [0.3, 0.4) is 0 Å². The van der Waals surface area contributed by atoms with Gasteiger partial charge in [0.15, 0.2) is 0 Å². The molecule has 0 fully saturated rings. The zero-order valence-corrected chi connectivity index (χ0v) is 18.3. The summed E-state index contributed by atoms with van der Waals surface area (Å²) in [6, 6.07) is 21.8. The van der Waals surface area contributed by atoms with E-state index in [1.54, 1.807) is 0 Å². The third-order valence-electron chi connectivity index (χ3n) is 5.53. The molecule has 0 bridgehead atoms. The van der Waals surface area contributed by atoms with E-state index in [0.717, 1.165) is 6.42 Å². The van der Waals surface area contributed by atoms with E-state index < -0.39 is 0 Å². The van der Waals surface area contributed by atoms with Crippen LogP contribution in [0.5, 0.6) is 0 Å². The minimum atomic E-state index is 0.330. The zero-order chi connectivity index (χ0) is 20.0. The lowest BCUT2D eigenvalue weighted by atomic mass is 9.97. The second kappa shape index (κ2) is 7.40. The van der Waals surface area contributed by atoms with Crippen molar-refractivity contribution in [1.82, 2.24) is 0 Å². The summed E-state index contributed by atoms with van der Waals surface area (Å²) in [7, 11) is 0. The van der Waals surface area contributed by atoms with Crippen molar-refractivity contribution in [3.8, 4) is 10.4 Å². The molecule has 29 heavy (non-hydrogen) atoms. The second-order valence-corrected chi connectivity index (χ2v) is 9.74. The molecular weight excluding hydrogens is 392 g/mol. The Morgan fingerprint density at radius 1 is 0.862 bits per heavy atom. The number of carbonyl (C=O) groups is 1. The number of carbonyl (C=O) groups excluding carboxylic acids is 1. The first-order valence-electron chi connectivity index (χ1n) is 10.1. The summed E-state index contributed by atoms with van der Waals surface area (Å²) in [5.41, 5.74) is 3.74. The highest BCUT2D eigenvalue weighted by molar-refractivity contribution is 7.26. The van der Waals surface area contributed by atoms with E-state index in [2.05, 4.69) is 74.5 Å². The summed E-state index contributed by atoms with van der Waals surface area (Å²) in [6.07, 6.45) is 2.08. The zero-order valence-electron chi connectivity index (χ0n) is 16.6. The summed E-state index contributed by atoms with van der Waals surface area (Å²) >= 11 is 3.68. The Hall–Kier alpha value is -2.49. The fourth-order valence-electron chi connectivity index (χ4n) is 4.20. The van der Waals surface area contributed by atoms with Crippen LogP contribution in [0.15, 0.2) is 60.7 Å². The lowest BCUT2D eigenvalue weighted by Gasteiger charge is -2.07. The van der Waals surface area contributed by atoms with E-state index in [-0.39, 0.29) is 0 Å². The summed E-state index contributed by atoms with van der Waals surface area (Å²) in [5, 5.41) is 3.87. The van der Waals surface area contributed by atoms with Crippen molar-refractivity contribution in [1.29, 1.82) is 0 Å². The van der Waals surface area contributed by atoms with Gasteiger partial charge in [0.05, 0.1) is 0 Å². The fraction of sp³-hybridized carbons (Fsp3) is 0.192. The third kappa shape index (κ3) is 3.19. The first-order valence-corrected chi connectivity index (χ1v) is 11.7. The maximum absolute atomic E-state index is 12.6. The first-order chi connectivity index (χ1) is 14.2. The molecule has 0 saturated carbocycles. The molecule has 1 nitrogen and oxygen atoms in total. The van der Waals surface area contributed by atoms with Crippen molar-refractivity contribution in [3.63, 3.8) is 0 Å². The van der Waals surface area contributed by atoms with Gasteiger partial charge in [-0.15, -0.1) is 22.7 Å². The van der Waals surface area contributed by atoms with Crippen molar-refractivity contribution in [2.75, 3.05) is 0 Å². The lowest BCUT2D eigenvalue weighted by molar-refractivity contribution is -0.118. The van der Waals surface area contributed by atoms with Gasteiger partial charge < -0.3 is 0 Å². The molecule has 5 rings (SSSR count). The van der Waals surface area contributed by atoms with Gasteiger partial charge in [0.25, 0.3) is 0 Å². The maximum Gasteiger partial charge on any atom is 0.137 e. The van der Waals surface area contributed by atoms with E-state index in [1.807, 2.05) is 22.7 Å². The Morgan fingerprint density at radius 3 is 2.31 bits per heavy atom. The number of aryl methyl sites for hydroxylation is 1. The molecule has 0 aliphatic rings. The summed E-state index contributed by atoms with van der Waals surface area (Å²) in [4.78, 5) is 13.8. The van der Waals surface area contributed by atoms with Gasteiger partial charge in [0.2, 0.25) is 0 Å². The van der Waals surface area contributed by atoms with Gasteiger partial charge in [-0.1, -0.05) is 43.3 Å². The molecule has 2 heterocycles. The first kappa shape index (κ1) is 18.5. The van der Waals surface area contributed by atoms with Crippen LogP contribution in [-0.2, 0) is 11.2 Å². The summed E-state index contributed by atoms with van der Waals surface area (Å²) in [5.74, 6) is 0.330. The van der Waals surface area contributed by atoms with E-state index in [0.29, 0.717) is 18.6 Å². The van der Waals surface area contributed by atoms with Gasteiger partial charge in [-0.3, -0.25) is 4.79 Å². The molecule has 0 unspecified atom stereocenters. The monoisotopic (exact) mass is 414 g/mol. The molecule has 144 valence electrons. The van der Waals surface area contributed by atoms with Gasteiger partial charge in [0, 0.05) is 42.6 Å². The highest BCUT2D eigenvalue weighted by Gasteiger charge is 2.18. The minimum absolute atomic E-state index is 0.330. The van der Waals surface area contributed by atoms with Crippen LogP contribution in [0.4, 0.5) is 0 Å². The van der Waals surface area contributed by atoms with Gasteiger partial charge >= 0.3 is 0 Å². The quantitative estimate of drug-likeness (QED) is 0.283. The van der Waals surface area contributed by atoms with E-state index in [9.17, 15) is 4.79 Å². The molecule has 0 radical (unpaired) electrons. The van der Waals surface area contributed by atoms with E-state index in [4.69, 9.17) is 0 Å². The predicted molar refractivity (Wildman–Crippen MR) is 129 cm³/mol. The number of rotatable bonds is 5. The van der Waals surface area contributed by atoms with Gasteiger partial charge in [-0.25, -0.2) is 0 Å². The highest BCUT2D eigenvalue weighted by Crippen LogP contribution is 2.43. The molecule has 0 atom stereocenters. The van der Waals surface area contributed by atoms with Crippen LogP contribution < -0.4 is 0 Å². The Balaban J connectivity index is 1.75. The average molecular weight is 415 g/mol. The number of Topliss-reactive ketones (excluding diaryl/α,β-unsaturated/α-hetero) is 1. The number of hydrogen-bond acceptors (Lipinski definition) is 3. The maximum atomic E-state index is 12.6. The number of hydrogen-bond donors (Lipinski definition) is 0. The topological polar surface area (TPSA) is 17.1 Å². The van der Waals surface area contributed by atoms with Crippen LogP contribution in [0, 0.1) is 6.92 Å². The van der Waals surface area contributed by atoms with Crippen LogP contribution in [-0.4, -0.2) is 5.78 Å². The number of thiophene rings is 2. The van der Waals surface area contributed by atoms with Crippen LogP contribution in [0.2, 0.25) is 0 Å². The van der Waals surface area contributed by atoms with Gasteiger partial charge in [-0.05, 0) is 59.7 Å². The summed E-state index contributed by atoms with van der Waals surface area (Å²) in [6.45, 7) is 4.28. The van der Waals surface area contributed by atoms with E-state index >= 15 is 0 Å². The summed E-state index contributed by atoms with van der Waals surface area (Å²) < 4.78 is 3.95. The molecule has 0 aliphatic carbocycles. The van der Waals surface area contributed by atoms with Crippen molar-refractivity contribution >= 4 is 58.7 Å². The molecule has 0 spiro atoms. The second-order valence-electron chi connectivity index (χ2n) is 7.64. The fourth-order valence-corrected chi connectivity index (χ4v) is 6.56. The molecular formula is C26H22OS2. The molecule has 0 aliphatic heterocycles. The molecule has 0 saturated heterocycles. The van der Waals surface area contributed by atoms with Crippen LogP contribution in [0.1, 0.15) is 30.9 Å². The lowest BCUT2D eigenvalue weighted by Crippen LogP contribution is -2.02. The third-order valence-corrected chi connectivity index (χ3v) is 8.11. The predicted octanol–water partition coefficient (Wildman–Crippen LogP) is 8.16. The van der Waals surface area contributed by atoms with Crippen molar-refractivity contribution < 1.29 is 4.79 Å². The highest BCUT2D eigenvalue weighted by atomic mass is 32.1. The number of ketones is 1. The standard InChI is InChI=1S/C26H22OS2/c1-3-8-18(27)15-22-20-10-5-7-12-24(20)29-26(22)17-13-16(2)25-21(14-17)19-9-4-6-11-23(19)28-25/h4-7,9-14H,3,8,15H2,1-2H3. The molecule has 3 aromatic carbocycles. The van der Waals surface area contributed by atoms with Gasteiger partial charge in [0.1, 0.15) is 5.78 Å². The number of fused-ring (bicyclic) bond motifs is 4. The van der Waals surface area contributed by atoms with Crippen molar-refractivity contribution in [2.45, 2.75) is 33.1 Å². The molecule has 2 aromatic heterocycles. The normalized spacial score (nSPS) is 11.7. The molecule has 0 N–H and O–H groups in total. The smallest absolute Gasteiger partial charge is 0.137 e. The van der Waals surface area contributed by atoms with E-state index in [1.165, 1.54) is 51.8 Å². The largest absolute Gasteiger partial charge is 0.299 e. The molecule has 5 aromatic rings. The number of benzene rings is 3. The Kier molecular flexibility index (Phi) is 4.73.